The van der Waals surface area contributed by atoms with E-state index in [9.17, 15) is 4.79 Å². The van der Waals surface area contributed by atoms with Crippen molar-refractivity contribution in [1.82, 2.24) is 10.2 Å². The van der Waals surface area contributed by atoms with E-state index in [1.54, 1.807) is 0 Å². The van der Waals surface area contributed by atoms with Gasteiger partial charge in [-0.05, 0) is 31.1 Å². The van der Waals surface area contributed by atoms with Crippen LogP contribution in [0.4, 0.5) is 0 Å². The highest BCUT2D eigenvalue weighted by atomic mass is 16.2. The fourth-order valence-electron chi connectivity index (χ4n) is 4.44. The molecule has 0 aromatic rings. The van der Waals surface area contributed by atoms with Gasteiger partial charge in [-0.15, -0.1) is 0 Å². The van der Waals surface area contributed by atoms with E-state index in [0.717, 1.165) is 31.8 Å². The molecule has 3 rings (SSSR count). The minimum Gasteiger partial charge on any atom is -0.341 e. The molecule has 2 saturated heterocycles. The predicted octanol–water partition coefficient (Wildman–Crippen LogP) is 2.95. The fraction of sp³-hybridized carbons (Fsp3) is 0.941. The number of likely N-dealkylation sites (tertiary alicyclic amines) is 1. The number of fused-ring (bicyclic) bond motifs is 2. The Kier molecular flexibility index (Phi) is 4.65. The van der Waals surface area contributed by atoms with Gasteiger partial charge in [0.05, 0.1) is 0 Å². The number of rotatable bonds is 3. The summed E-state index contributed by atoms with van der Waals surface area (Å²) < 4.78 is 0. The Balaban J connectivity index is 1.50. The van der Waals surface area contributed by atoms with Gasteiger partial charge in [0, 0.05) is 31.6 Å². The zero-order valence-electron chi connectivity index (χ0n) is 12.9. The second-order valence-corrected chi connectivity index (χ2v) is 7.35. The molecule has 3 unspecified atom stereocenters. The molecular weight excluding hydrogens is 248 g/mol. The molecule has 20 heavy (non-hydrogen) atoms. The number of hydrogen-bond acceptors (Lipinski definition) is 2. The molecule has 3 aliphatic rings. The van der Waals surface area contributed by atoms with E-state index < -0.39 is 0 Å². The molecule has 0 aromatic heterocycles. The highest BCUT2D eigenvalue weighted by Crippen LogP contribution is 2.32. The standard InChI is InChI=1S/C17H30N2O/c1-13(14-5-3-2-4-6-14)11-17(20)19-10-9-15-7-8-16(12-19)18-15/h13-16,18H,2-12H2,1H3. The molecule has 1 aliphatic carbocycles. The van der Waals surface area contributed by atoms with Gasteiger partial charge in [-0.3, -0.25) is 4.79 Å². The molecule has 1 amide bonds. The lowest BCUT2D eigenvalue weighted by molar-refractivity contribution is -0.132. The first-order valence-electron chi connectivity index (χ1n) is 8.76. The lowest BCUT2D eigenvalue weighted by Crippen LogP contribution is -2.40. The van der Waals surface area contributed by atoms with Crippen molar-refractivity contribution in [3.63, 3.8) is 0 Å². The first-order valence-corrected chi connectivity index (χ1v) is 8.76. The zero-order valence-corrected chi connectivity index (χ0v) is 12.9. The number of amides is 1. The lowest BCUT2D eigenvalue weighted by Gasteiger charge is -2.30. The molecule has 0 spiro atoms. The minimum absolute atomic E-state index is 0.414. The first-order chi connectivity index (χ1) is 9.72. The predicted molar refractivity (Wildman–Crippen MR) is 81.5 cm³/mol. The third-order valence-corrected chi connectivity index (χ3v) is 5.83. The maximum Gasteiger partial charge on any atom is 0.222 e. The monoisotopic (exact) mass is 278 g/mol. The summed E-state index contributed by atoms with van der Waals surface area (Å²) in [4.78, 5) is 14.7. The van der Waals surface area contributed by atoms with Gasteiger partial charge < -0.3 is 10.2 Å². The molecule has 2 bridgehead atoms. The molecule has 3 heteroatoms. The summed E-state index contributed by atoms with van der Waals surface area (Å²) in [7, 11) is 0. The first kappa shape index (κ1) is 14.4. The van der Waals surface area contributed by atoms with Crippen LogP contribution in [0.15, 0.2) is 0 Å². The van der Waals surface area contributed by atoms with Crippen molar-refractivity contribution < 1.29 is 4.79 Å². The molecule has 2 heterocycles. The highest BCUT2D eigenvalue weighted by Gasteiger charge is 2.32. The van der Waals surface area contributed by atoms with E-state index in [2.05, 4.69) is 17.1 Å². The number of carbonyl (C=O) groups is 1. The third kappa shape index (κ3) is 3.36. The van der Waals surface area contributed by atoms with Crippen LogP contribution in [0.25, 0.3) is 0 Å². The SMILES string of the molecule is CC(CC(=O)N1CCC2CCC(C1)N2)C1CCCCC1. The van der Waals surface area contributed by atoms with Crippen LogP contribution in [0.1, 0.15) is 64.7 Å². The summed E-state index contributed by atoms with van der Waals surface area (Å²) in [6.45, 7) is 4.23. The highest BCUT2D eigenvalue weighted by molar-refractivity contribution is 5.76. The van der Waals surface area contributed by atoms with Gasteiger partial charge in [0.1, 0.15) is 0 Å². The molecule has 114 valence electrons. The van der Waals surface area contributed by atoms with Crippen LogP contribution in [0.2, 0.25) is 0 Å². The summed E-state index contributed by atoms with van der Waals surface area (Å²) in [6, 6.07) is 1.24. The van der Waals surface area contributed by atoms with E-state index in [4.69, 9.17) is 0 Å². The summed E-state index contributed by atoms with van der Waals surface area (Å²) in [5.41, 5.74) is 0. The Morgan fingerprint density at radius 3 is 2.65 bits per heavy atom. The van der Waals surface area contributed by atoms with Crippen molar-refractivity contribution in [2.75, 3.05) is 13.1 Å². The normalized spacial score (nSPS) is 33.0. The Hall–Kier alpha value is -0.570. The average Bonchev–Trinajstić information content (AvgIpc) is 2.79. The second-order valence-electron chi connectivity index (χ2n) is 7.35. The molecule has 0 radical (unpaired) electrons. The van der Waals surface area contributed by atoms with Crippen molar-refractivity contribution in [2.24, 2.45) is 11.8 Å². The molecule has 1 N–H and O–H groups in total. The van der Waals surface area contributed by atoms with Crippen molar-refractivity contribution in [3.05, 3.63) is 0 Å². The van der Waals surface area contributed by atoms with E-state index >= 15 is 0 Å². The van der Waals surface area contributed by atoms with E-state index in [0.29, 0.717) is 23.9 Å². The Morgan fingerprint density at radius 1 is 1.10 bits per heavy atom. The van der Waals surface area contributed by atoms with Gasteiger partial charge in [-0.1, -0.05) is 39.0 Å². The maximum atomic E-state index is 12.6. The van der Waals surface area contributed by atoms with Gasteiger partial charge >= 0.3 is 0 Å². The quantitative estimate of drug-likeness (QED) is 0.861. The van der Waals surface area contributed by atoms with Crippen LogP contribution in [0, 0.1) is 11.8 Å². The van der Waals surface area contributed by atoms with Crippen molar-refractivity contribution in [2.45, 2.75) is 76.8 Å². The summed E-state index contributed by atoms with van der Waals surface area (Å²) >= 11 is 0. The average molecular weight is 278 g/mol. The molecule has 3 atom stereocenters. The van der Waals surface area contributed by atoms with Crippen LogP contribution in [0.3, 0.4) is 0 Å². The molecule has 3 fully saturated rings. The Morgan fingerprint density at radius 2 is 1.85 bits per heavy atom. The smallest absolute Gasteiger partial charge is 0.222 e. The van der Waals surface area contributed by atoms with Crippen LogP contribution in [0.5, 0.6) is 0 Å². The topological polar surface area (TPSA) is 32.3 Å². The van der Waals surface area contributed by atoms with Crippen LogP contribution in [-0.4, -0.2) is 36.0 Å². The Bertz CT molecular complexity index is 338. The molecule has 2 aliphatic heterocycles. The van der Waals surface area contributed by atoms with Gasteiger partial charge in [-0.2, -0.15) is 0 Å². The summed E-state index contributed by atoms with van der Waals surface area (Å²) in [5.74, 6) is 1.79. The number of hydrogen-bond donors (Lipinski definition) is 1. The molecule has 0 aromatic carbocycles. The fourth-order valence-corrected chi connectivity index (χ4v) is 4.44. The van der Waals surface area contributed by atoms with E-state index in [1.165, 1.54) is 44.9 Å². The van der Waals surface area contributed by atoms with E-state index in [-0.39, 0.29) is 0 Å². The summed E-state index contributed by atoms with van der Waals surface area (Å²) in [6.07, 6.45) is 11.3. The van der Waals surface area contributed by atoms with Crippen LogP contribution >= 0.6 is 0 Å². The summed E-state index contributed by atoms with van der Waals surface area (Å²) in [5, 5.41) is 3.66. The van der Waals surface area contributed by atoms with Crippen LogP contribution < -0.4 is 5.32 Å². The van der Waals surface area contributed by atoms with Crippen molar-refractivity contribution in [1.29, 1.82) is 0 Å². The molecule has 1 saturated carbocycles. The maximum absolute atomic E-state index is 12.6. The minimum atomic E-state index is 0.414. The van der Waals surface area contributed by atoms with Gasteiger partial charge in [0.25, 0.3) is 0 Å². The van der Waals surface area contributed by atoms with Gasteiger partial charge in [0.2, 0.25) is 5.91 Å². The largest absolute Gasteiger partial charge is 0.341 e. The zero-order chi connectivity index (χ0) is 13.9. The lowest BCUT2D eigenvalue weighted by atomic mass is 9.79. The van der Waals surface area contributed by atoms with Crippen LogP contribution in [-0.2, 0) is 4.79 Å². The van der Waals surface area contributed by atoms with Crippen molar-refractivity contribution >= 4 is 5.91 Å². The molecular formula is C17H30N2O. The van der Waals surface area contributed by atoms with Crippen molar-refractivity contribution in [3.8, 4) is 0 Å². The third-order valence-electron chi connectivity index (χ3n) is 5.83. The number of carbonyl (C=O) groups excluding carboxylic acids is 1. The number of nitrogens with one attached hydrogen (secondary N) is 1. The van der Waals surface area contributed by atoms with E-state index in [1.807, 2.05) is 0 Å². The Labute approximate surface area is 123 Å². The number of nitrogens with zero attached hydrogens (tertiary/aromatic N) is 1. The van der Waals surface area contributed by atoms with Gasteiger partial charge in [-0.25, -0.2) is 0 Å². The second kappa shape index (κ2) is 6.46. The van der Waals surface area contributed by atoms with Gasteiger partial charge in [0.15, 0.2) is 0 Å². The molecule has 3 nitrogen and oxygen atoms in total.